The minimum absolute atomic E-state index is 0.228. The Morgan fingerprint density at radius 1 is 0.833 bits per heavy atom. The van der Waals surface area contributed by atoms with E-state index in [-0.39, 0.29) is 12.5 Å². The average molecular weight is 517 g/mol. The second-order valence-corrected chi connectivity index (χ2v) is 11.5. The molecule has 0 atom stereocenters. The molecular formula is C29H28N2O3S2. The zero-order valence-corrected chi connectivity index (χ0v) is 21.9. The lowest BCUT2D eigenvalue weighted by Gasteiger charge is -2.23. The second kappa shape index (κ2) is 11.5. The van der Waals surface area contributed by atoms with E-state index in [0.29, 0.717) is 16.9 Å². The van der Waals surface area contributed by atoms with E-state index in [1.165, 1.54) is 21.0 Å². The van der Waals surface area contributed by atoms with E-state index in [4.69, 9.17) is 0 Å². The maximum absolute atomic E-state index is 12.8. The third-order valence-corrected chi connectivity index (χ3v) is 7.98. The summed E-state index contributed by atoms with van der Waals surface area (Å²) < 4.78 is 26.4. The predicted molar refractivity (Wildman–Crippen MR) is 149 cm³/mol. The lowest BCUT2D eigenvalue weighted by atomic mass is 10.1. The topological polar surface area (TPSA) is 66.5 Å². The molecule has 0 aliphatic heterocycles. The van der Waals surface area contributed by atoms with Crippen molar-refractivity contribution in [2.24, 2.45) is 0 Å². The molecule has 36 heavy (non-hydrogen) atoms. The highest BCUT2D eigenvalue weighted by molar-refractivity contribution is 7.98. The van der Waals surface area contributed by atoms with Crippen LogP contribution >= 0.6 is 11.8 Å². The number of nitrogens with zero attached hydrogens (tertiary/aromatic N) is 1. The summed E-state index contributed by atoms with van der Waals surface area (Å²) in [5.74, 6) is 0.594. The Bertz CT molecular complexity index is 1420. The molecular weight excluding hydrogens is 488 g/mol. The molecule has 1 N–H and O–H groups in total. The number of carbonyl (C=O) groups excluding carboxylic acids is 1. The first-order valence-electron chi connectivity index (χ1n) is 11.5. The summed E-state index contributed by atoms with van der Waals surface area (Å²) in [5, 5.41) is 2.91. The normalized spacial score (nSPS) is 11.2. The summed E-state index contributed by atoms with van der Waals surface area (Å²) in [4.78, 5) is 14.0. The summed E-state index contributed by atoms with van der Waals surface area (Å²) in [7, 11) is -3.51. The maximum atomic E-state index is 12.8. The van der Waals surface area contributed by atoms with Gasteiger partial charge in [-0.25, -0.2) is 8.42 Å². The molecule has 0 radical (unpaired) electrons. The zero-order valence-electron chi connectivity index (χ0n) is 20.2. The molecule has 0 saturated heterocycles. The van der Waals surface area contributed by atoms with E-state index in [0.717, 1.165) is 16.9 Å². The van der Waals surface area contributed by atoms with Crippen molar-refractivity contribution in [1.29, 1.82) is 0 Å². The van der Waals surface area contributed by atoms with Crippen molar-refractivity contribution in [2.75, 3.05) is 15.9 Å². The minimum Gasteiger partial charge on any atom is -0.322 e. The van der Waals surface area contributed by atoms with Gasteiger partial charge < -0.3 is 5.32 Å². The van der Waals surface area contributed by atoms with Crippen LogP contribution in [0.4, 0.5) is 11.4 Å². The van der Waals surface area contributed by atoms with Crippen LogP contribution in [0.1, 0.15) is 27.0 Å². The highest BCUT2D eigenvalue weighted by Crippen LogP contribution is 2.25. The van der Waals surface area contributed by atoms with Crippen LogP contribution in [0.25, 0.3) is 0 Å². The molecule has 4 rings (SSSR count). The van der Waals surface area contributed by atoms with Crippen molar-refractivity contribution in [3.8, 4) is 0 Å². The smallest absolute Gasteiger partial charge is 0.255 e. The molecule has 4 aromatic carbocycles. The summed E-state index contributed by atoms with van der Waals surface area (Å²) in [6.45, 7) is 2.18. The average Bonchev–Trinajstić information content (AvgIpc) is 2.88. The van der Waals surface area contributed by atoms with Gasteiger partial charge in [-0.05, 0) is 72.1 Å². The van der Waals surface area contributed by atoms with E-state index in [9.17, 15) is 13.2 Å². The highest BCUT2D eigenvalue weighted by atomic mass is 32.2. The van der Waals surface area contributed by atoms with Gasteiger partial charge >= 0.3 is 0 Å². The van der Waals surface area contributed by atoms with Gasteiger partial charge in [0.05, 0.1) is 18.5 Å². The molecule has 0 heterocycles. The summed E-state index contributed by atoms with van der Waals surface area (Å²) >= 11 is 1.76. The first kappa shape index (κ1) is 25.5. The number of carbonyl (C=O) groups is 1. The van der Waals surface area contributed by atoms with Crippen LogP contribution in [0.15, 0.2) is 108 Å². The van der Waals surface area contributed by atoms with Gasteiger partial charge in [0.2, 0.25) is 10.0 Å². The molecule has 0 unspecified atom stereocenters. The fourth-order valence-corrected chi connectivity index (χ4v) is 5.45. The number of thioether (sulfide) groups is 1. The Morgan fingerprint density at radius 3 is 2.11 bits per heavy atom. The number of hydrogen-bond donors (Lipinski definition) is 1. The molecule has 184 valence electrons. The molecule has 0 saturated carbocycles. The number of anilines is 2. The number of hydrogen-bond acceptors (Lipinski definition) is 4. The fourth-order valence-electron chi connectivity index (χ4n) is 3.69. The quantitative estimate of drug-likeness (QED) is 0.258. The van der Waals surface area contributed by atoms with Crippen molar-refractivity contribution >= 4 is 39.1 Å². The second-order valence-electron chi connectivity index (χ2n) is 8.50. The molecule has 1 amide bonds. The molecule has 4 aromatic rings. The third kappa shape index (κ3) is 6.77. The number of sulfonamides is 1. The monoisotopic (exact) mass is 516 g/mol. The summed E-state index contributed by atoms with van der Waals surface area (Å²) in [5.41, 5.74) is 4.78. The van der Waals surface area contributed by atoms with Crippen molar-refractivity contribution in [3.63, 3.8) is 0 Å². The Kier molecular flexibility index (Phi) is 8.13. The predicted octanol–water partition coefficient (Wildman–Crippen LogP) is 6.51. The fraction of sp³-hybridized carbons (Fsp3) is 0.138. The van der Waals surface area contributed by atoms with Crippen LogP contribution in [-0.4, -0.2) is 20.6 Å². The summed E-state index contributed by atoms with van der Waals surface area (Å²) in [6, 6.07) is 32.3. The van der Waals surface area contributed by atoms with Gasteiger partial charge in [-0.1, -0.05) is 54.6 Å². The van der Waals surface area contributed by atoms with Crippen LogP contribution in [0.2, 0.25) is 0 Å². The lowest BCUT2D eigenvalue weighted by molar-refractivity contribution is 0.102. The number of amides is 1. The first-order chi connectivity index (χ1) is 17.3. The van der Waals surface area contributed by atoms with Gasteiger partial charge in [0.15, 0.2) is 0 Å². The highest BCUT2D eigenvalue weighted by Gasteiger charge is 2.19. The molecule has 5 nitrogen and oxygen atoms in total. The number of nitrogens with one attached hydrogen (secondary N) is 1. The molecule has 0 aliphatic rings. The van der Waals surface area contributed by atoms with Crippen molar-refractivity contribution < 1.29 is 13.2 Å². The van der Waals surface area contributed by atoms with E-state index < -0.39 is 10.0 Å². The van der Waals surface area contributed by atoms with E-state index in [1.807, 2.05) is 73.7 Å². The standard InChI is InChI=1S/C29H28N2O3S2/c1-22-8-6-7-9-25(22)20-31(36(2,33)34)27-18-14-24(15-19-27)29(32)30-26-16-12-23(13-17-26)21-35-28-10-4-3-5-11-28/h3-19H,20-21H2,1-2H3,(H,30,32). The Balaban J connectivity index is 1.40. The number of rotatable bonds is 9. The van der Waals surface area contributed by atoms with Crippen LogP contribution in [0.5, 0.6) is 0 Å². The number of benzene rings is 4. The zero-order chi connectivity index (χ0) is 25.5. The van der Waals surface area contributed by atoms with Crippen molar-refractivity contribution in [3.05, 3.63) is 125 Å². The van der Waals surface area contributed by atoms with Crippen molar-refractivity contribution in [1.82, 2.24) is 0 Å². The van der Waals surface area contributed by atoms with E-state index in [2.05, 4.69) is 17.4 Å². The van der Waals surface area contributed by atoms with Gasteiger partial charge in [0.1, 0.15) is 0 Å². The minimum atomic E-state index is -3.51. The third-order valence-electron chi connectivity index (χ3n) is 5.75. The molecule has 0 fully saturated rings. The van der Waals surface area contributed by atoms with Gasteiger partial charge in [-0.3, -0.25) is 9.10 Å². The van der Waals surface area contributed by atoms with Gasteiger partial charge in [0.25, 0.3) is 5.91 Å². The maximum Gasteiger partial charge on any atom is 0.255 e. The van der Waals surface area contributed by atoms with Gasteiger partial charge in [-0.15, -0.1) is 11.8 Å². The van der Waals surface area contributed by atoms with E-state index in [1.54, 1.807) is 36.0 Å². The van der Waals surface area contributed by atoms with E-state index >= 15 is 0 Å². The van der Waals surface area contributed by atoms with Crippen LogP contribution in [0, 0.1) is 6.92 Å². The Morgan fingerprint density at radius 2 is 1.47 bits per heavy atom. The van der Waals surface area contributed by atoms with Crippen molar-refractivity contribution in [2.45, 2.75) is 24.1 Å². The SMILES string of the molecule is Cc1ccccc1CN(c1ccc(C(=O)Nc2ccc(CSc3ccccc3)cc2)cc1)S(C)(=O)=O. The molecule has 0 aromatic heterocycles. The molecule has 0 bridgehead atoms. The molecule has 0 spiro atoms. The Hall–Kier alpha value is -3.55. The van der Waals surface area contributed by atoms with Crippen LogP contribution in [0.3, 0.4) is 0 Å². The summed E-state index contributed by atoms with van der Waals surface area (Å²) in [6.07, 6.45) is 1.19. The number of aryl methyl sites for hydroxylation is 1. The first-order valence-corrected chi connectivity index (χ1v) is 14.3. The Labute approximate surface area is 217 Å². The van der Waals surface area contributed by atoms with Crippen LogP contribution < -0.4 is 9.62 Å². The lowest BCUT2D eigenvalue weighted by Crippen LogP contribution is -2.29. The molecule has 0 aliphatic carbocycles. The van der Waals surface area contributed by atoms with Gasteiger partial charge in [0, 0.05) is 21.9 Å². The largest absolute Gasteiger partial charge is 0.322 e. The molecule has 7 heteroatoms. The van der Waals surface area contributed by atoms with Crippen LogP contribution in [-0.2, 0) is 22.3 Å². The van der Waals surface area contributed by atoms with Gasteiger partial charge in [-0.2, -0.15) is 0 Å².